The summed E-state index contributed by atoms with van der Waals surface area (Å²) in [5.41, 5.74) is 10.3. The fourth-order valence-corrected chi connectivity index (χ4v) is 3.86. The van der Waals surface area contributed by atoms with Gasteiger partial charge >= 0.3 is 0 Å². The zero-order valence-corrected chi connectivity index (χ0v) is 16.9. The van der Waals surface area contributed by atoms with Crippen LogP contribution in [0.1, 0.15) is 16.1 Å². The number of hydrogen-bond acceptors (Lipinski definition) is 5. The van der Waals surface area contributed by atoms with Gasteiger partial charge in [-0.3, -0.25) is 9.89 Å². The highest BCUT2D eigenvalue weighted by molar-refractivity contribution is 6.01. The predicted molar refractivity (Wildman–Crippen MR) is 118 cm³/mol. The molecule has 0 saturated heterocycles. The number of nitrogens with two attached hydrogens (primary N) is 1. The molecule has 0 fully saturated rings. The number of aromatic amines is 1. The first kappa shape index (κ1) is 18.8. The molecule has 4 heterocycles. The molecule has 4 aromatic heterocycles. The van der Waals surface area contributed by atoms with Crippen molar-refractivity contribution in [1.82, 2.24) is 24.7 Å². The Hall–Kier alpha value is -4.20. The van der Waals surface area contributed by atoms with Crippen molar-refractivity contribution in [2.24, 2.45) is 12.8 Å². The number of H-pyrrole nitrogens is 1. The molecule has 0 spiro atoms. The van der Waals surface area contributed by atoms with E-state index in [0.717, 1.165) is 34.0 Å². The number of aryl methyl sites for hydroxylation is 1. The van der Waals surface area contributed by atoms with E-state index in [9.17, 15) is 4.79 Å². The van der Waals surface area contributed by atoms with Crippen molar-refractivity contribution in [2.75, 3.05) is 6.61 Å². The van der Waals surface area contributed by atoms with E-state index in [2.05, 4.69) is 42.9 Å². The summed E-state index contributed by atoms with van der Waals surface area (Å²) >= 11 is 0. The van der Waals surface area contributed by atoms with E-state index < -0.39 is 5.91 Å². The number of rotatable bonds is 6. The highest BCUT2D eigenvalue weighted by Gasteiger charge is 2.17. The first-order chi connectivity index (χ1) is 15.1. The van der Waals surface area contributed by atoms with Crippen molar-refractivity contribution in [3.63, 3.8) is 0 Å². The molecular formula is C23H20N6O2. The predicted octanol–water partition coefficient (Wildman–Crippen LogP) is 3.23. The lowest BCUT2D eigenvalue weighted by Crippen LogP contribution is -2.13. The van der Waals surface area contributed by atoms with Crippen LogP contribution in [-0.2, 0) is 13.5 Å². The average Bonchev–Trinajstić information content (AvgIpc) is 3.39. The molecule has 154 valence electrons. The van der Waals surface area contributed by atoms with Crippen LogP contribution in [0, 0.1) is 0 Å². The molecule has 8 nitrogen and oxygen atoms in total. The minimum atomic E-state index is -0.580. The highest BCUT2D eigenvalue weighted by Crippen LogP contribution is 2.33. The summed E-state index contributed by atoms with van der Waals surface area (Å²) in [5.74, 6) is 0.0328. The van der Waals surface area contributed by atoms with Gasteiger partial charge in [-0.1, -0.05) is 18.2 Å². The first-order valence-electron chi connectivity index (χ1n) is 9.87. The normalized spacial score (nSPS) is 11.3. The van der Waals surface area contributed by atoms with Crippen LogP contribution < -0.4 is 10.5 Å². The second-order valence-electron chi connectivity index (χ2n) is 7.26. The molecule has 0 aliphatic carbocycles. The molecule has 0 aliphatic heterocycles. The van der Waals surface area contributed by atoms with Crippen molar-refractivity contribution in [3.8, 4) is 17.1 Å². The Morgan fingerprint density at radius 3 is 2.87 bits per heavy atom. The van der Waals surface area contributed by atoms with Crippen LogP contribution in [0.15, 0.2) is 60.9 Å². The van der Waals surface area contributed by atoms with Gasteiger partial charge in [-0.05, 0) is 29.8 Å². The maximum absolute atomic E-state index is 11.8. The number of ether oxygens (including phenoxy) is 1. The number of amides is 1. The topological polar surface area (TPSA) is 112 Å². The number of primary amides is 1. The third-order valence-electron chi connectivity index (χ3n) is 5.39. The number of carbonyl (C=O) groups excluding carboxylic acids is 1. The van der Waals surface area contributed by atoms with Gasteiger partial charge in [-0.15, -0.1) is 0 Å². The van der Waals surface area contributed by atoms with Crippen LogP contribution in [0.3, 0.4) is 0 Å². The number of pyridine rings is 2. The maximum atomic E-state index is 11.8. The first-order valence-corrected chi connectivity index (χ1v) is 9.87. The van der Waals surface area contributed by atoms with E-state index in [0.29, 0.717) is 18.1 Å². The molecule has 5 aromatic rings. The van der Waals surface area contributed by atoms with Gasteiger partial charge in [0.15, 0.2) is 5.65 Å². The van der Waals surface area contributed by atoms with E-state index in [1.807, 2.05) is 31.3 Å². The Bertz CT molecular complexity index is 1400. The largest absolute Gasteiger partial charge is 0.477 e. The smallest absolute Gasteiger partial charge is 0.267 e. The van der Waals surface area contributed by atoms with Gasteiger partial charge in [0.25, 0.3) is 5.91 Å². The zero-order chi connectivity index (χ0) is 21.4. The monoisotopic (exact) mass is 412 g/mol. The lowest BCUT2D eigenvalue weighted by Gasteiger charge is -2.08. The number of benzene rings is 1. The van der Waals surface area contributed by atoms with E-state index >= 15 is 0 Å². The molecule has 0 bridgehead atoms. The molecule has 8 heteroatoms. The van der Waals surface area contributed by atoms with Gasteiger partial charge in [0.1, 0.15) is 5.69 Å². The average molecular weight is 412 g/mol. The van der Waals surface area contributed by atoms with Crippen molar-refractivity contribution < 1.29 is 9.53 Å². The Morgan fingerprint density at radius 2 is 2.06 bits per heavy atom. The third kappa shape index (κ3) is 3.38. The summed E-state index contributed by atoms with van der Waals surface area (Å²) in [6, 6.07) is 15.7. The van der Waals surface area contributed by atoms with E-state index in [1.165, 1.54) is 5.56 Å². The molecule has 1 amide bonds. The number of nitrogens with one attached hydrogen (secondary N) is 1. The van der Waals surface area contributed by atoms with Crippen LogP contribution in [0.4, 0.5) is 0 Å². The molecule has 3 N–H and O–H groups in total. The Kier molecular flexibility index (Phi) is 4.59. The molecular weight excluding hydrogens is 392 g/mol. The lowest BCUT2D eigenvalue weighted by molar-refractivity contribution is 0.0996. The minimum absolute atomic E-state index is 0.195. The Morgan fingerprint density at radius 1 is 1.16 bits per heavy atom. The number of carbonyl (C=O) groups is 1. The lowest BCUT2D eigenvalue weighted by atomic mass is 10.1. The number of nitrogens with zero attached hydrogens (tertiary/aromatic N) is 4. The number of hydrogen-bond donors (Lipinski definition) is 2. The summed E-state index contributed by atoms with van der Waals surface area (Å²) in [6.07, 6.45) is 4.16. The second-order valence-corrected chi connectivity index (χ2v) is 7.26. The number of fused-ring (bicyclic) bond motifs is 2. The summed E-state index contributed by atoms with van der Waals surface area (Å²) in [6.45, 7) is 0.521. The highest BCUT2D eigenvalue weighted by atomic mass is 16.5. The molecule has 31 heavy (non-hydrogen) atoms. The van der Waals surface area contributed by atoms with Gasteiger partial charge in [0.2, 0.25) is 5.88 Å². The van der Waals surface area contributed by atoms with E-state index in [-0.39, 0.29) is 5.69 Å². The summed E-state index contributed by atoms with van der Waals surface area (Å²) < 4.78 is 7.88. The molecule has 0 radical (unpaired) electrons. The van der Waals surface area contributed by atoms with Crippen molar-refractivity contribution >= 4 is 27.8 Å². The van der Waals surface area contributed by atoms with Crippen LogP contribution in [-0.4, -0.2) is 37.2 Å². The van der Waals surface area contributed by atoms with Gasteiger partial charge in [-0.2, -0.15) is 5.10 Å². The number of aromatic nitrogens is 5. The fourth-order valence-electron chi connectivity index (χ4n) is 3.86. The van der Waals surface area contributed by atoms with Crippen LogP contribution in [0.2, 0.25) is 0 Å². The fraction of sp³-hybridized carbons (Fsp3) is 0.130. The van der Waals surface area contributed by atoms with E-state index in [1.54, 1.807) is 18.5 Å². The van der Waals surface area contributed by atoms with Crippen LogP contribution in [0.5, 0.6) is 5.88 Å². The van der Waals surface area contributed by atoms with Crippen molar-refractivity contribution in [1.29, 1.82) is 0 Å². The van der Waals surface area contributed by atoms with Crippen molar-refractivity contribution in [2.45, 2.75) is 6.42 Å². The van der Waals surface area contributed by atoms with Gasteiger partial charge in [-0.25, -0.2) is 9.97 Å². The Labute approximate surface area is 177 Å². The molecule has 0 atom stereocenters. The van der Waals surface area contributed by atoms with Gasteiger partial charge in [0, 0.05) is 53.3 Å². The third-order valence-corrected chi connectivity index (χ3v) is 5.39. The quantitative estimate of drug-likeness (QED) is 0.445. The zero-order valence-electron chi connectivity index (χ0n) is 16.9. The minimum Gasteiger partial charge on any atom is -0.477 e. The van der Waals surface area contributed by atoms with Crippen molar-refractivity contribution in [3.05, 3.63) is 72.2 Å². The molecule has 5 rings (SSSR count). The standard InChI is InChI=1S/C23H20N6O2/c1-29-19-6-4-5-14(8-10-31-21-7-2-3-9-25-21)15(19)12-20(29)16-11-18(22(24)30)27-23-17(16)13-26-28-23/h2-7,9,11-13H,8,10H2,1H3,(H2,24,30)(H,26,27,28). The maximum Gasteiger partial charge on any atom is 0.267 e. The van der Waals surface area contributed by atoms with Crippen LogP contribution >= 0.6 is 0 Å². The van der Waals surface area contributed by atoms with E-state index in [4.69, 9.17) is 10.5 Å². The van der Waals surface area contributed by atoms with Gasteiger partial charge in [0.05, 0.1) is 12.8 Å². The SMILES string of the molecule is Cn1c(-c2cc(C(N)=O)nc3[nH]ncc23)cc2c(CCOc3ccccn3)cccc21. The molecule has 0 saturated carbocycles. The molecule has 1 aromatic carbocycles. The Balaban J connectivity index is 1.55. The summed E-state index contributed by atoms with van der Waals surface area (Å²) in [5, 5.41) is 8.87. The molecule has 0 unspecified atom stereocenters. The van der Waals surface area contributed by atoms with Gasteiger partial charge < -0.3 is 15.0 Å². The van der Waals surface area contributed by atoms with Crippen LogP contribution in [0.25, 0.3) is 33.2 Å². The molecule has 0 aliphatic rings. The summed E-state index contributed by atoms with van der Waals surface area (Å²) in [7, 11) is 2.00. The summed E-state index contributed by atoms with van der Waals surface area (Å²) in [4.78, 5) is 20.3. The second kappa shape index (κ2) is 7.56.